The minimum atomic E-state index is 0.223. The number of nitrogens with one attached hydrogen (secondary N) is 1. The van der Waals surface area contributed by atoms with Crippen LogP contribution in [0.2, 0.25) is 0 Å². The van der Waals surface area contributed by atoms with Crippen LogP contribution in [0, 0.1) is 0 Å². The molecule has 1 saturated heterocycles. The highest BCUT2D eigenvalue weighted by Crippen LogP contribution is 2.40. The van der Waals surface area contributed by atoms with Crippen LogP contribution in [0.15, 0.2) is 14.3 Å². The maximum atomic E-state index is 5.94. The smallest absolute Gasteiger partial charge is 0.0904 e. The average molecular weight is 398 g/mol. The van der Waals surface area contributed by atoms with Crippen molar-refractivity contribution < 1.29 is 4.74 Å². The Morgan fingerprint density at radius 2 is 2.33 bits per heavy atom. The molecule has 1 aromatic rings. The van der Waals surface area contributed by atoms with Crippen molar-refractivity contribution in [2.75, 3.05) is 33.3 Å². The number of ether oxygens (including phenoxy) is 1. The number of morpholine rings is 1. The standard InChI is InChI=1S/C12H18Br2N2OS/c1-3-16-4-5-17-9(7-15-2)11(16)10-6-8(13)12(14)18-10/h6,9,11,15H,3-5,7H2,1-2H3. The Hall–Kier alpha value is 0.540. The summed E-state index contributed by atoms with van der Waals surface area (Å²) in [4.78, 5) is 3.85. The van der Waals surface area contributed by atoms with Gasteiger partial charge >= 0.3 is 0 Å². The van der Waals surface area contributed by atoms with Gasteiger partial charge in [-0.2, -0.15) is 0 Å². The summed E-state index contributed by atoms with van der Waals surface area (Å²) in [6.07, 6.45) is 0.223. The van der Waals surface area contributed by atoms with Crippen LogP contribution in [0.4, 0.5) is 0 Å². The second kappa shape index (κ2) is 6.81. The molecule has 0 amide bonds. The van der Waals surface area contributed by atoms with E-state index in [0.717, 1.165) is 34.5 Å². The quantitative estimate of drug-likeness (QED) is 0.843. The zero-order valence-electron chi connectivity index (χ0n) is 10.6. The molecule has 1 aliphatic rings. The lowest BCUT2D eigenvalue weighted by atomic mass is 10.1. The van der Waals surface area contributed by atoms with Crippen molar-refractivity contribution in [3.63, 3.8) is 0 Å². The molecule has 0 radical (unpaired) electrons. The number of nitrogens with zero attached hydrogens (tertiary/aromatic N) is 1. The summed E-state index contributed by atoms with van der Waals surface area (Å²) < 4.78 is 8.23. The van der Waals surface area contributed by atoms with Crippen molar-refractivity contribution in [3.8, 4) is 0 Å². The summed E-state index contributed by atoms with van der Waals surface area (Å²) >= 11 is 8.94. The second-order valence-electron chi connectivity index (χ2n) is 4.31. The fraction of sp³-hybridized carbons (Fsp3) is 0.667. The van der Waals surface area contributed by atoms with Crippen molar-refractivity contribution >= 4 is 43.2 Å². The van der Waals surface area contributed by atoms with Gasteiger partial charge in [0.25, 0.3) is 0 Å². The van der Waals surface area contributed by atoms with Gasteiger partial charge in [0.1, 0.15) is 0 Å². The summed E-state index contributed by atoms with van der Waals surface area (Å²) in [7, 11) is 1.98. The Balaban J connectivity index is 2.27. The minimum Gasteiger partial charge on any atom is -0.374 e. The van der Waals surface area contributed by atoms with Crippen LogP contribution in [0.25, 0.3) is 0 Å². The van der Waals surface area contributed by atoms with Crippen molar-refractivity contribution in [2.45, 2.75) is 19.1 Å². The first-order chi connectivity index (χ1) is 8.67. The highest BCUT2D eigenvalue weighted by Gasteiger charge is 2.33. The molecule has 0 saturated carbocycles. The molecule has 1 fully saturated rings. The molecule has 1 aromatic heterocycles. The number of hydrogen-bond donors (Lipinski definition) is 1. The molecule has 18 heavy (non-hydrogen) atoms. The van der Waals surface area contributed by atoms with Crippen molar-refractivity contribution in [2.24, 2.45) is 0 Å². The Morgan fingerprint density at radius 1 is 1.56 bits per heavy atom. The van der Waals surface area contributed by atoms with Gasteiger partial charge < -0.3 is 10.1 Å². The van der Waals surface area contributed by atoms with Gasteiger partial charge in [-0.3, -0.25) is 4.90 Å². The molecule has 6 heteroatoms. The van der Waals surface area contributed by atoms with Crippen LogP contribution in [-0.4, -0.2) is 44.3 Å². The second-order valence-corrected chi connectivity index (χ2v) is 7.57. The Labute approximate surface area is 129 Å². The van der Waals surface area contributed by atoms with Gasteiger partial charge in [0, 0.05) is 22.4 Å². The molecule has 1 N–H and O–H groups in total. The third kappa shape index (κ3) is 3.16. The molecule has 2 atom stereocenters. The SMILES string of the molecule is CCN1CCOC(CNC)C1c1cc(Br)c(Br)s1. The van der Waals surface area contributed by atoms with Crippen LogP contribution in [0.1, 0.15) is 17.8 Å². The highest BCUT2D eigenvalue weighted by molar-refractivity contribution is 9.13. The first-order valence-corrected chi connectivity index (χ1v) is 8.52. The fourth-order valence-electron chi connectivity index (χ4n) is 2.39. The fourth-order valence-corrected chi connectivity index (χ4v) is 4.66. The lowest BCUT2D eigenvalue weighted by molar-refractivity contribution is -0.0675. The monoisotopic (exact) mass is 396 g/mol. The molecule has 2 rings (SSSR count). The van der Waals surface area contributed by atoms with E-state index in [2.05, 4.69) is 55.1 Å². The topological polar surface area (TPSA) is 24.5 Å². The predicted octanol–water partition coefficient (Wildman–Crippen LogP) is 3.25. The van der Waals surface area contributed by atoms with E-state index in [1.54, 1.807) is 11.3 Å². The molecule has 0 aliphatic carbocycles. The lowest BCUT2D eigenvalue weighted by Gasteiger charge is -2.40. The van der Waals surface area contributed by atoms with E-state index in [9.17, 15) is 0 Å². The minimum absolute atomic E-state index is 0.223. The van der Waals surface area contributed by atoms with Crippen LogP contribution in [0.5, 0.6) is 0 Å². The highest BCUT2D eigenvalue weighted by atomic mass is 79.9. The van der Waals surface area contributed by atoms with E-state index in [-0.39, 0.29) is 6.10 Å². The van der Waals surface area contributed by atoms with E-state index in [0.29, 0.717) is 6.04 Å². The maximum absolute atomic E-state index is 5.94. The average Bonchev–Trinajstić information content (AvgIpc) is 2.69. The number of likely N-dealkylation sites (N-methyl/N-ethyl adjacent to an activating group) is 2. The lowest BCUT2D eigenvalue weighted by Crippen LogP contribution is -2.48. The third-order valence-corrected chi connectivity index (χ3v) is 6.55. The molecular weight excluding hydrogens is 380 g/mol. The predicted molar refractivity (Wildman–Crippen MR) is 83.4 cm³/mol. The van der Waals surface area contributed by atoms with Crippen molar-refractivity contribution in [1.82, 2.24) is 10.2 Å². The summed E-state index contributed by atoms with van der Waals surface area (Å²) in [6, 6.07) is 2.56. The van der Waals surface area contributed by atoms with E-state index >= 15 is 0 Å². The Bertz CT molecular complexity index is 378. The van der Waals surface area contributed by atoms with E-state index < -0.39 is 0 Å². The normalized spacial score (nSPS) is 25.6. The Kier molecular flexibility index (Phi) is 5.65. The zero-order chi connectivity index (χ0) is 13.1. The van der Waals surface area contributed by atoms with Gasteiger partial charge in [0.15, 0.2) is 0 Å². The first-order valence-electron chi connectivity index (χ1n) is 6.12. The van der Waals surface area contributed by atoms with E-state index in [1.165, 1.54) is 4.88 Å². The van der Waals surface area contributed by atoms with Gasteiger partial charge in [0.2, 0.25) is 0 Å². The van der Waals surface area contributed by atoms with Crippen LogP contribution in [-0.2, 0) is 4.74 Å². The van der Waals surface area contributed by atoms with Crippen LogP contribution in [0.3, 0.4) is 0 Å². The van der Waals surface area contributed by atoms with Gasteiger partial charge in [-0.25, -0.2) is 0 Å². The number of halogens is 2. The van der Waals surface area contributed by atoms with Gasteiger partial charge in [-0.05, 0) is 51.5 Å². The zero-order valence-corrected chi connectivity index (χ0v) is 14.6. The maximum Gasteiger partial charge on any atom is 0.0904 e. The number of hydrogen-bond acceptors (Lipinski definition) is 4. The Morgan fingerprint density at radius 3 is 2.89 bits per heavy atom. The summed E-state index contributed by atoms with van der Waals surface area (Å²) in [5, 5.41) is 3.23. The number of rotatable bonds is 4. The van der Waals surface area contributed by atoms with Crippen LogP contribution < -0.4 is 5.32 Å². The van der Waals surface area contributed by atoms with Gasteiger partial charge in [0.05, 0.1) is 22.5 Å². The molecule has 2 heterocycles. The van der Waals surface area contributed by atoms with E-state index in [4.69, 9.17) is 4.74 Å². The molecule has 0 spiro atoms. The largest absolute Gasteiger partial charge is 0.374 e. The van der Waals surface area contributed by atoms with E-state index in [1.807, 2.05) is 7.05 Å². The number of thiophene rings is 1. The molecule has 0 aromatic carbocycles. The molecule has 3 nitrogen and oxygen atoms in total. The van der Waals surface area contributed by atoms with Crippen molar-refractivity contribution in [3.05, 3.63) is 19.2 Å². The molecule has 2 unspecified atom stereocenters. The van der Waals surface area contributed by atoms with Gasteiger partial charge in [-0.1, -0.05) is 6.92 Å². The molecule has 1 aliphatic heterocycles. The van der Waals surface area contributed by atoms with Crippen molar-refractivity contribution in [1.29, 1.82) is 0 Å². The van der Waals surface area contributed by atoms with Crippen LogP contribution >= 0.6 is 43.2 Å². The molecule has 102 valence electrons. The van der Waals surface area contributed by atoms with Gasteiger partial charge in [-0.15, -0.1) is 11.3 Å². The summed E-state index contributed by atoms with van der Waals surface area (Å²) in [5.41, 5.74) is 0. The third-order valence-electron chi connectivity index (χ3n) is 3.22. The molecular formula is C12H18Br2N2OS. The summed E-state index contributed by atoms with van der Waals surface area (Å²) in [6.45, 7) is 5.99. The summed E-state index contributed by atoms with van der Waals surface area (Å²) in [5.74, 6) is 0. The molecule has 0 bridgehead atoms. The first kappa shape index (κ1) is 14.9.